The van der Waals surface area contributed by atoms with Crippen LogP contribution in [0, 0.1) is 0 Å². The number of ether oxygens (including phenoxy) is 16. The van der Waals surface area contributed by atoms with E-state index in [2.05, 4.69) is 31.9 Å². The summed E-state index contributed by atoms with van der Waals surface area (Å²) in [6.07, 6.45) is -84.3. The van der Waals surface area contributed by atoms with Gasteiger partial charge in [-0.1, -0.05) is 0 Å². The minimum Gasteiger partial charge on any atom is -0.394 e. The zero-order valence-corrected chi connectivity index (χ0v) is 64.2. The highest BCUT2D eigenvalue weighted by Crippen LogP contribution is 2.41. The number of nitrogens with one attached hydrogen (secondary N) is 6. The van der Waals surface area contributed by atoms with Gasteiger partial charge in [-0.05, 0) is 0 Å². The monoisotopic (exact) mass is 1720 g/mol. The summed E-state index contributed by atoms with van der Waals surface area (Å²) in [5, 5.41) is 284. The Morgan fingerprint density at radius 1 is 0.288 bits per heavy atom. The fourth-order valence-corrected chi connectivity index (χ4v) is 14.9. The van der Waals surface area contributed by atoms with Crippen LogP contribution in [0.2, 0.25) is 0 Å². The number of aliphatic hydroxyl groups is 24. The molecule has 8 saturated heterocycles. The Bertz CT molecular complexity index is 3180. The fourth-order valence-electron chi connectivity index (χ4n) is 14.9. The predicted molar refractivity (Wildman–Crippen MR) is 369 cm³/mol. The van der Waals surface area contributed by atoms with E-state index in [0.29, 0.717) is 0 Å². The molecule has 0 aromatic heterocycles. The smallest absolute Gasteiger partial charge is 0.217 e. The molecular formula is C66H112N6O46. The van der Waals surface area contributed by atoms with Crippen molar-refractivity contribution < 1.29 is 227 Å². The Kier molecular flexibility index (Phi) is 37.0. The van der Waals surface area contributed by atoms with Crippen molar-refractivity contribution in [2.24, 2.45) is 0 Å². The topological polar surface area (TPSA) is 808 Å². The molecule has 0 saturated carbocycles. The van der Waals surface area contributed by atoms with Crippen LogP contribution in [0.5, 0.6) is 0 Å². The Morgan fingerprint density at radius 2 is 0.585 bits per heavy atom. The van der Waals surface area contributed by atoms with Gasteiger partial charge < -0.3 is 230 Å². The lowest BCUT2D eigenvalue weighted by Crippen LogP contribution is -2.72. The number of hydrogen-bond donors (Lipinski definition) is 30. The van der Waals surface area contributed by atoms with E-state index in [1.807, 2.05) is 0 Å². The first-order valence-corrected chi connectivity index (χ1v) is 37.5. The van der Waals surface area contributed by atoms with E-state index in [1.165, 1.54) is 0 Å². The van der Waals surface area contributed by atoms with Crippen molar-refractivity contribution in [1.29, 1.82) is 0 Å². The van der Waals surface area contributed by atoms with Crippen molar-refractivity contribution in [3.05, 3.63) is 0 Å². The van der Waals surface area contributed by atoms with E-state index >= 15 is 0 Å². The Hall–Kier alpha value is -4.78. The van der Waals surface area contributed by atoms with Crippen LogP contribution in [0.4, 0.5) is 0 Å². The van der Waals surface area contributed by atoms with Gasteiger partial charge >= 0.3 is 0 Å². The molecule has 8 aliphatic heterocycles. The second-order valence-electron chi connectivity index (χ2n) is 29.4. The zero-order valence-electron chi connectivity index (χ0n) is 64.2. The molecule has 0 spiro atoms. The lowest BCUT2D eigenvalue weighted by atomic mass is 9.93. The van der Waals surface area contributed by atoms with Gasteiger partial charge in [-0.25, -0.2) is 0 Å². The largest absolute Gasteiger partial charge is 0.394 e. The summed E-state index contributed by atoms with van der Waals surface area (Å²) in [5.74, 6) is -5.65. The third kappa shape index (κ3) is 23.0. The van der Waals surface area contributed by atoms with Crippen LogP contribution in [0.1, 0.15) is 41.5 Å². The van der Waals surface area contributed by atoms with Crippen LogP contribution in [0.3, 0.4) is 0 Å². The lowest BCUT2D eigenvalue weighted by molar-refractivity contribution is -0.412. The Labute approximate surface area is 670 Å². The van der Waals surface area contributed by atoms with Crippen molar-refractivity contribution >= 4 is 35.4 Å². The van der Waals surface area contributed by atoms with E-state index in [1.54, 1.807) is 0 Å². The van der Waals surface area contributed by atoms with Gasteiger partial charge in [0.05, 0.1) is 72.1 Å². The van der Waals surface area contributed by atoms with Crippen LogP contribution < -0.4 is 31.9 Å². The number of carbonyl (C=O) groups excluding carboxylic acids is 6. The van der Waals surface area contributed by atoms with Gasteiger partial charge in [0.25, 0.3) is 0 Å². The summed E-state index contributed by atoms with van der Waals surface area (Å²) in [5.41, 5.74) is 0. The first kappa shape index (κ1) is 98.7. The minimum atomic E-state index is -2.79. The lowest BCUT2D eigenvalue weighted by Gasteiger charge is -2.53. The molecule has 0 aliphatic carbocycles. The number of amides is 6. The van der Waals surface area contributed by atoms with Crippen LogP contribution in [0.15, 0.2) is 0 Å². The second kappa shape index (κ2) is 44.2. The van der Waals surface area contributed by atoms with Crippen molar-refractivity contribution in [2.45, 2.75) is 311 Å². The number of rotatable bonds is 35. The summed E-state index contributed by atoms with van der Waals surface area (Å²) in [4.78, 5) is 76.8. The highest BCUT2D eigenvalue weighted by Gasteiger charge is 2.62. The number of aliphatic hydroxyl groups excluding tert-OH is 24. The quantitative estimate of drug-likeness (QED) is 0.0280. The maximum atomic E-state index is 13.4. The SMILES string of the molecule is CC(=O)N[C@H]1[C@H](O[C@@H]([C@H](O)[C@H](CO)NC(C)=O)[C@H](O)CO)O[C@H](CO)[C@@H](O[C@@H]2O[C@H](CO[C@H]3O[C@H](CO)[C@@H](O)[C@H](O)[C@@H]3O[C@@H]3O[C@H](CO)[C@@H](O)[C@H](O)[C@H]3NC(C)=O)[C@@H](O[C@@H]3O[C@H](CO)[C@@H](O)[C@H](O)[C@H]3NC(C)=O)[C@H](O[C@H]3O[C@H](CO)[C@@H](O[C@@H]4O[C@H](CO)[C@@H](O)[C@H](O)[C@H]4NC(C)=O)[C@H](O)[C@@H]3O[C@@H]3O[C@H](CO)[C@@H](O)[C@H](O)[C@H]3NC(C)=O)[C@@H]2O)[C@@H]1O. The molecule has 0 aromatic rings. The molecule has 0 aromatic carbocycles. The highest BCUT2D eigenvalue weighted by atomic mass is 16.8. The van der Waals surface area contributed by atoms with Crippen molar-refractivity contribution in [3.8, 4) is 0 Å². The summed E-state index contributed by atoms with van der Waals surface area (Å²) >= 11 is 0. The molecule has 6 amide bonds. The van der Waals surface area contributed by atoms with E-state index in [4.69, 9.17) is 75.8 Å². The second-order valence-corrected chi connectivity index (χ2v) is 29.4. The van der Waals surface area contributed by atoms with Crippen LogP contribution in [-0.4, -0.2) is 494 Å². The van der Waals surface area contributed by atoms with Gasteiger partial charge in [0.1, 0.15) is 213 Å². The molecule has 118 heavy (non-hydrogen) atoms. The van der Waals surface area contributed by atoms with Gasteiger partial charge in [-0.3, -0.25) is 28.8 Å². The van der Waals surface area contributed by atoms with Crippen LogP contribution >= 0.6 is 0 Å². The third-order valence-electron chi connectivity index (χ3n) is 20.8. The molecule has 44 atom stereocenters. The van der Waals surface area contributed by atoms with E-state index in [9.17, 15) is 151 Å². The minimum absolute atomic E-state index is 0.839. The van der Waals surface area contributed by atoms with E-state index in [-0.39, 0.29) is 0 Å². The molecule has 8 heterocycles. The van der Waals surface area contributed by atoms with Crippen molar-refractivity contribution in [2.75, 3.05) is 66.1 Å². The molecule has 0 bridgehead atoms. The normalized spacial score (nSPS) is 44.1. The van der Waals surface area contributed by atoms with Crippen LogP contribution in [0.25, 0.3) is 0 Å². The average molecular weight is 1730 g/mol. The fraction of sp³-hybridized carbons (Fsp3) is 0.909. The van der Waals surface area contributed by atoms with Gasteiger partial charge in [-0.15, -0.1) is 0 Å². The standard InChI is InChI=1S/C66H112N6O46/c1-17(82)67-23(7-73)38(89)52(24(88)8-74)112-63-37(72-22(6)87)48(99)53(30(14-80)109-63)114-64-51(102)56(116-66-58(118-62-36(71-21(5)86)47(98)42(93)28(12-78)107-62)50(101)54(31(15-81)110-66)113-59-33(68-18(2)83)44(95)39(90)25(9-75)104-59)55(115-60-34(69-19(3)84)45(96)40(91)26(10-76)105-60)32(111-64)16-103-65-57(49(100)43(94)29(13-79)108-65)117-61-35(70-20(4)85)46(97)41(92)27(11-77)106-61/h23-66,73-81,88-102H,7-16H2,1-6H3,(H,67,82)(H,68,83)(H,69,84)(H,70,85)(H,71,86)(H,72,87)/t23-,24+,25+,26+,27+,28+,29+,30+,31+,32+,33+,34+,35+,36+,37+,38+,39+,40+,41+,42+,43+,44+,45+,46+,47+,48+,49-,50-,51-,52+,53+,54+,55+,56+,57-,58-,59-,60-,61-,62-,63-,64-,65-,66+/m0/s1. The molecule has 52 nitrogen and oxygen atoms in total. The first-order chi connectivity index (χ1) is 55.8. The van der Waals surface area contributed by atoms with Crippen molar-refractivity contribution in [1.82, 2.24) is 31.9 Å². The predicted octanol–water partition coefficient (Wildman–Crippen LogP) is -20.1. The summed E-state index contributed by atoms with van der Waals surface area (Å²) in [6, 6.07) is -11.4. The maximum absolute atomic E-state index is 13.4. The van der Waals surface area contributed by atoms with E-state index < -0.39 is 371 Å². The van der Waals surface area contributed by atoms with Gasteiger partial charge in [-0.2, -0.15) is 0 Å². The molecule has 52 heteroatoms. The summed E-state index contributed by atoms with van der Waals surface area (Å²) in [6.45, 7) is -6.26. The first-order valence-electron chi connectivity index (χ1n) is 37.5. The zero-order chi connectivity index (χ0) is 87.5. The van der Waals surface area contributed by atoms with Crippen LogP contribution in [-0.2, 0) is 105 Å². The van der Waals surface area contributed by atoms with E-state index in [0.717, 1.165) is 41.5 Å². The third-order valence-corrected chi connectivity index (χ3v) is 20.8. The maximum Gasteiger partial charge on any atom is 0.217 e. The number of hydrogen-bond acceptors (Lipinski definition) is 46. The highest BCUT2D eigenvalue weighted by molar-refractivity contribution is 5.75. The average Bonchev–Trinajstić information content (AvgIpc) is 0.767. The Balaban J connectivity index is 1.34. The van der Waals surface area contributed by atoms with Crippen molar-refractivity contribution in [3.63, 3.8) is 0 Å². The summed E-state index contributed by atoms with van der Waals surface area (Å²) in [7, 11) is 0. The van der Waals surface area contributed by atoms with Gasteiger partial charge in [0.2, 0.25) is 35.4 Å². The number of carbonyl (C=O) groups is 6. The molecule has 8 aliphatic rings. The van der Waals surface area contributed by atoms with Gasteiger partial charge in [0.15, 0.2) is 50.3 Å². The molecule has 30 N–H and O–H groups in total. The molecule has 0 radical (unpaired) electrons. The summed E-state index contributed by atoms with van der Waals surface area (Å²) < 4.78 is 99.0. The van der Waals surface area contributed by atoms with Gasteiger partial charge in [0, 0.05) is 41.5 Å². The molecule has 0 unspecified atom stereocenters. The molecular weight excluding hydrogens is 1610 g/mol. The molecule has 8 rings (SSSR count). The molecule has 8 fully saturated rings. The Morgan fingerprint density at radius 3 is 0.941 bits per heavy atom. The molecule has 682 valence electrons.